The number of benzene rings is 1. The van der Waals surface area contributed by atoms with Crippen LogP contribution in [-0.4, -0.2) is 69.8 Å². The molecule has 2 amide bonds. The van der Waals surface area contributed by atoms with Crippen LogP contribution in [0.25, 0.3) is 0 Å². The molecule has 0 unspecified atom stereocenters. The number of carbonyl (C=O) groups is 2. The van der Waals surface area contributed by atoms with Gasteiger partial charge in [-0.25, -0.2) is 4.79 Å². The van der Waals surface area contributed by atoms with Gasteiger partial charge in [-0.05, 0) is 69.1 Å². The van der Waals surface area contributed by atoms with Crippen LogP contribution in [0.2, 0.25) is 0 Å². The van der Waals surface area contributed by atoms with E-state index in [1.165, 1.54) is 12.8 Å². The second-order valence-electron chi connectivity index (χ2n) is 9.61. The fourth-order valence-electron chi connectivity index (χ4n) is 5.03. The molecular weight excluding hydrogens is 478 g/mol. The molecule has 2 saturated carbocycles. The molecule has 10 nitrogen and oxygen atoms in total. The summed E-state index contributed by atoms with van der Waals surface area (Å²) in [6.45, 7) is 2.00. The van der Waals surface area contributed by atoms with E-state index in [1.807, 2.05) is 18.2 Å². The van der Waals surface area contributed by atoms with Crippen molar-refractivity contribution in [3.05, 3.63) is 23.8 Å². The Bertz CT molecular complexity index is 919. The zero-order chi connectivity index (χ0) is 26.5. The third kappa shape index (κ3) is 8.51. The average molecular weight is 518 g/mol. The number of rotatable bonds is 14. The van der Waals surface area contributed by atoms with E-state index >= 15 is 0 Å². The van der Waals surface area contributed by atoms with Crippen molar-refractivity contribution in [1.29, 1.82) is 5.26 Å². The van der Waals surface area contributed by atoms with Crippen LogP contribution in [-0.2, 0) is 19.7 Å². The van der Waals surface area contributed by atoms with Crippen LogP contribution in [0.1, 0.15) is 56.9 Å². The number of carboxylic acid groups (broad SMARTS) is 1. The van der Waals surface area contributed by atoms with Crippen LogP contribution in [0.15, 0.2) is 18.2 Å². The summed E-state index contributed by atoms with van der Waals surface area (Å²) in [6, 6.07) is 8.35. The van der Waals surface area contributed by atoms with Crippen molar-refractivity contribution in [3.63, 3.8) is 0 Å². The molecule has 0 saturated heterocycles. The minimum Gasteiger partial charge on any atom is -0.493 e. The number of amides is 2. The highest BCUT2D eigenvalue weighted by Gasteiger charge is 2.39. The van der Waals surface area contributed by atoms with Gasteiger partial charge in [0, 0.05) is 19.0 Å². The van der Waals surface area contributed by atoms with Gasteiger partial charge < -0.3 is 34.7 Å². The molecule has 0 bridgehead atoms. The van der Waals surface area contributed by atoms with Gasteiger partial charge >= 0.3 is 6.09 Å². The topological polar surface area (TPSA) is 139 Å². The lowest BCUT2D eigenvalue weighted by atomic mass is 9.67. The molecule has 3 N–H and O–H groups in total. The first-order chi connectivity index (χ1) is 18.0. The highest BCUT2D eigenvalue weighted by atomic mass is 16.5. The van der Waals surface area contributed by atoms with Crippen LogP contribution >= 0.6 is 0 Å². The molecule has 1 aromatic carbocycles. The van der Waals surface area contributed by atoms with Crippen LogP contribution in [0.3, 0.4) is 0 Å². The van der Waals surface area contributed by atoms with E-state index in [2.05, 4.69) is 16.7 Å². The highest BCUT2D eigenvalue weighted by Crippen LogP contribution is 2.44. The molecular formula is C27H39N3O7. The summed E-state index contributed by atoms with van der Waals surface area (Å²) in [4.78, 5) is 23.0. The molecule has 2 aliphatic rings. The molecule has 3 rings (SSSR count). The fourth-order valence-corrected chi connectivity index (χ4v) is 5.03. The van der Waals surface area contributed by atoms with Gasteiger partial charge in [0.15, 0.2) is 11.5 Å². The molecule has 1 aromatic rings. The van der Waals surface area contributed by atoms with Gasteiger partial charge in [0.2, 0.25) is 5.91 Å². The minimum absolute atomic E-state index is 0.00822. The number of hydrogen-bond acceptors (Lipinski definition) is 7. The van der Waals surface area contributed by atoms with Gasteiger partial charge in [-0.3, -0.25) is 4.79 Å². The molecule has 0 spiro atoms. The summed E-state index contributed by atoms with van der Waals surface area (Å²) in [6.07, 6.45) is 6.05. The summed E-state index contributed by atoms with van der Waals surface area (Å²) in [7, 11) is 1.63. The Morgan fingerprint density at radius 2 is 1.65 bits per heavy atom. The standard InChI is InChI=1S/C27H39N3O7/c1-34-23-7-6-21(18-24(23)37-22-4-2-3-5-22)27(19-28)10-8-20(9-11-27)25(31)29-12-14-35-16-17-36-15-13-30-26(32)33/h6-7,18,20,22,30H,2-5,8-17H2,1H3,(H,29,31)(H,32,33). The maximum Gasteiger partial charge on any atom is 0.404 e. The number of methoxy groups -OCH3 is 1. The lowest BCUT2D eigenvalue weighted by Crippen LogP contribution is -2.39. The van der Waals surface area contributed by atoms with Gasteiger partial charge in [-0.1, -0.05) is 6.07 Å². The molecule has 2 aliphatic carbocycles. The number of hydrogen-bond donors (Lipinski definition) is 3. The number of nitrogens with zero attached hydrogens (tertiary/aromatic N) is 1. The fraction of sp³-hybridized carbons (Fsp3) is 0.667. The van der Waals surface area contributed by atoms with Crippen molar-refractivity contribution in [2.24, 2.45) is 5.92 Å². The Kier molecular flexibility index (Phi) is 11.3. The van der Waals surface area contributed by atoms with Gasteiger partial charge in [0.1, 0.15) is 0 Å². The van der Waals surface area contributed by atoms with Crippen LogP contribution in [0.4, 0.5) is 4.79 Å². The molecule has 10 heteroatoms. The van der Waals surface area contributed by atoms with Gasteiger partial charge in [-0.15, -0.1) is 0 Å². The first-order valence-corrected chi connectivity index (χ1v) is 13.1. The van der Waals surface area contributed by atoms with Crippen molar-refractivity contribution >= 4 is 12.0 Å². The van der Waals surface area contributed by atoms with Crippen LogP contribution in [0, 0.1) is 17.2 Å². The van der Waals surface area contributed by atoms with Crippen molar-refractivity contribution in [2.45, 2.75) is 62.9 Å². The van der Waals surface area contributed by atoms with Crippen molar-refractivity contribution in [2.75, 3.05) is 46.6 Å². The SMILES string of the molecule is COc1ccc(C2(C#N)CCC(C(=O)NCCOCCOCCNC(=O)O)CC2)cc1OC1CCCC1. The lowest BCUT2D eigenvalue weighted by Gasteiger charge is -2.35. The molecule has 0 aromatic heterocycles. The molecule has 0 heterocycles. The number of nitrogens with one attached hydrogen (secondary N) is 2. The zero-order valence-electron chi connectivity index (χ0n) is 21.6. The Morgan fingerprint density at radius 1 is 1.00 bits per heavy atom. The largest absolute Gasteiger partial charge is 0.493 e. The van der Waals surface area contributed by atoms with Crippen LogP contribution in [0.5, 0.6) is 11.5 Å². The average Bonchev–Trinajstić information content (AvgIpc) is 3.42. The van der Waals surface area contributed by atoms with E-state index in [9.17, 15) is 14.9 Å². The molecule has 0 radical (unpaired) electrons. The monoisotopic (exact) mass is 517 g/mol. The lowest BCUT2D eigenvalue weighted by molar-refractivity contribution is -0.126. The second-order valence-corrected chi connectivity index (χ2v) is 9.61. The van der Waals surface area contributed by atoms with Gasteiger partial charge in [0.05, 0.1) is 51.1 Å². The molecule has 204 valence electrons. The predicted molar refractivity (Wildman–Crippen MR) is 136 cm³/mol. The van der Waals surface area contributed by atoms with E-state index in [1.54, 1.807) is 7.11 Å². The van der Waals surface area contributed by atoms with Crippen molar-refractivity contribution in [3.8, 4) is 17.6 Å². The predicted octanol–water partition coefficient (Wildman–Crippen LogP) is 3.39. The van der Waals surface area contributed by atoms with E-state index in [0.29, 0.717) is 63.5 Å². The van der Waals surface area contributed by atoms with Gasteiger partial charge in [-0.2, -0.15) is 5.26 Å². The quantitative estimate of drug-likeness (QED) is 0.319. The van der Waals surface area contributed by atoms with E-state index in [4.69, 9.17) is 24.1 Å². The van der Waals surface area contributed by atoms with E-state index in [-0.39, 0.29) is 31.1 Å². The van der Waals surface area contributed by atoms with E-state index in [0.717, 1.165) is 18.4 Å². The van der Waals surface area contributed by atoms with Crippen molar-refractivity contribution < 1.29 is 33.6 Å². The number of carbonyl (C=O) groups excluding carboxylic acids is 1. The second kappa shape index (κ2) is 14.6. The Morgan fingerprint density at radius 3 is 2.24 bits per heavy atom. The van der Waals surface area contributed by atoms with Gasteiger partial charge in [0.25, 0.3) is 0 Å². The zero-order valence-corrected chi connectivity index (χ0v) is 21.6. The van der Waals surface area contributed by atoms with E-state index < -0.39 is 11.5 Å². The maximum absolute atomic E-state index is 12.7. The first kappa shape index (κ1) is 28.5. The highest BCUT2D eigenvalue weighted by molar-refractivity contribution is 5.78. The maximum atomic E-state index is 12.7. The Labute approximate surface area is 218 Å². The first-order valence-electron chi connectivity index (χ1n) is 13.1. The minimum atomic E-state index is -1.08. The summed E-state index contributed by atoms with van der Waals surface area (Å²) in [5, 5.41) is 23.8. The van der Waals surface area contributed by atoms with Crippen LogP contribution < -0.4 is 20.1 Å². The molecule has 37 heavy (non-hydrogen) atoms. The summed E-state index contributed by atoms with van der Waals surface area (Å²) in [5.41, 5.74) is 0.289. The van der Waals surface area contributed by atoms with Crippen molar-refractivity contribution in [1.82, 2.24) is 10.6 Å². The summed E-state index contributed by atoms with van der Waals surface area (Å²) in [5.74, 6) is 1.25. The molecule has 0 aliphatic heterocycles. The smallest absolute Gasteiger partial charge is 0.404 e. The number of ether oxygens (including phenoxy) is 4. The third-order valence-electron chi connectivity index (χ3n) is 7.18. The summed E-state index contributed by atoms with van der Waals surface area (Å²) < 4.78 is 22.4. The number of nitriles is 1. The Hall–Kier alpha value is -3.03. The summed E-state index contributed by atoms with van der Waals surface area (Å²) >= 11 is 0. The third-order valence-corrected chi connectivity index (χ3v) is 7.18. The molecule has 0 atom stereocenters. The Balaban J connectivity index is 1.41. The normalized spacial score (nSPS) is 21.7. The molecule has 2 fully saturated rings.